The van der Waals surface area contributed by atoms with Crippen molar-refractivity contribution in [3.05, 3.63) is 24.2 Å². The summed E-state index contributed by atoms with van der Waals surface area (Å²) in [7, 11) is 2.15. The fraction of sp³-hybridized carbons (Fsp3) is 0.733. The van der Waals surface area contributed by atoms with Crippen LogP contribution in [-0.2, 0) is 6.54 Å². The molecule has 104 valence electrons. The zero-order chi connectivity index (χ0) is 13.6. The lowest BCUT2D eigenvalue weighted by atomic mass is 9.92. The average Bonchev–Trinajstić information content (AvgIpc) is 2.67. The van der Waals surface area contributed by atoms with Gasteiger partial charge in [0.25, 0.3) is 0 Å². The second-order valence-corrected chi connectivity index (χ2v) is 6.44. The van der Waals surface area contributed by atoms with E-state index in [4.69, 9.17) is 4.42 Å². The van der Waals surface area contributed by atoms with Gasteiger partial charge >= 0.3 is 0 Å². The molecule has 0 aliphatic rings. The Labute approximate surface area is 112 Å². The molecule has 0 bridgehead atoms. The number of nitrogens with zero attached hydrogens (tertiary/aromatic N) is 1. The summed E-state index contributed by atoms with van der Waals surface area (Å²) in [5, 5.41) is 3.54. The normalized spacial score (nSPS) is 12.6. The van der Waals surface area contributed by atoms with E-state index in [9.17, 15) is 0 Å². The van der Waals surface area contributed by atoms with Gasteiger partial charge in [0, 0.05) is 13.1 Å². The molecule has 1 aromatic heterocycles. The van der Waals surface area contributed by atoms with E-state index >= 15 is 0 Å². The maximum Gasteiger partial charge on any atom is 0.117 e. The third-order valence-electron chi connectivity index (χ3n) is 2.86. The number of furan rings is 1. The molecule has 3 heteroatoms. The van der Waals surface area contributed by atoms with Gasteiger partial charge in [0.1, 0.15) is 5.76 Å². The maximum atomic E-state index is 5.37. The lowest BCUT2D eigenvalue weighted by Crippen LogP contribution is -2.39. The van der Waals surface area contributed by atoms with E-state index < -0.39 is 0 Å². The quantitative estimate of drug-likeness (QED) is 0.771. The molecule has 1 heterocycles. The Morgan fingerprint density at radius 3 is 2.67 bits per heavy atom. The Bertz CT molecular complexity index is 317. The van der Waals surface area contributed by atoms with Gasteiger partial charge in [-0.25, -0.2) is 0 Å². The van der Waals surface area contributed by atoms with Crippen LogP contribution < -0.4 is 5.32 Å². The van der Waals surface area contributed by atoms with Gasteiger partial charge in [-0.1, -0.05) is 27.7 Å². The highest BCUT2D eigenvalue weighted by Gasteiger charge is 2.20. The molecule has 1 N–H and O–H groups in total. The summed E-state index contributed by atoms with van der Waals surface area (Å²) < 4.78 is 5.37. The number of rotatable bonds is 8. The van der Waals surface area contributed by atoms with E-state index in [0.29, 0.717) is 5.92 Å². The van der Waals surface area contributed by atoms with Gasteiger partial charge in [0.2, 0.25) is 0 Å². The summed E-state index contributed by atoms with van der Waals surface area (Å²) in [6.45, 7) is 13.2. The Morgan fingerprint density at radius 2 is 2.11 bits per heavy atom. The Balaban J connectivity index is 2.30. The van der Waals surface area contributed by atoms with Gasteiger partial charge in [0.05, 0.1) is 12.8 Å². The minimum atomic E-state index is 0.274. The van der Waals surface area contributed by atoms with Crippen LogP contribution >= 0.6 is 0 Å². The van der Waals surface area contributed by atoms with Crippen molar-refractivity contribution in [2.75, 3.05) is 26.7 Å². The van der Waals surface area contributed by atoms with Crippen LogP contribution in [0.2, 0.25) is 0 Å². The maximum absolute atomic E-state index is 5.37. The van der Waals surface area contributed by atoms with Crippen molar-refractivity contribution in [1.82, 2.24) is 10.2 Å². The summed E-state index contributed by atoms with van der Waals surface area (Å²) >= 11 is 0. The predicted octanol–water partition coefficient (Wildman–Crippen LogP) is 2.98. The van der Waals surface area contributed by atoms with E-state index in [2.05, 4.69) is 45.0 Å². The molecule has 0 aliphatic carbocycles. The van der Waals surface area contributed by atoms with Crippen LogP contribution in [0, 0.1) is 11.3 Å². The molecule has 3 nitrogen and oxygen atoms in total. The van der Waals surface area contributed by atoms with E-state index in [1.165, 1.54) is 0 Å². The average molecular weight is 252 g/mol. The second-order valence-electron chi connectivity index (χ2n) is 6.44. The molecule has 1 aromatic rings. The zero-order valence-electron chi connectivity index (χ0n) is 12.5. The van der Waals surface area contributed by atoms with E-state index in [-0.39, 0.29) is 5.41 Å². The van der Waals surface area contributed by atoms with E-state index in [1.807, 2.05) is 12.1 Å². The van der Waals surface area contributed by atoms with Crippen LogP contribution in [0.5, 0.6) is 0 Å². The highest BCUT2D eigenvalue weighted by atomic mass is 16.3. The monoisotopic (exact) mass is 252 g/mol. The third-order valence-corrected chi connectivity index (χ3v) is 2.86. The van der Waals surface area contributed by atoms with Crippen molar-refractivity contribution in [2.45, 2.75) is 34.2 Å². The summed E-state index contributed by atoms with van der Waals surface area (Å²) in [5.74, 6) is 1.74. The predicted molar refractivity (Wildman–Crippen MR) is 76.5 cm³/mol. The molecule has 0 fully saturated rings. The minimum Gasteiger partial charge on any atom is -0.468 e. The molecular formula is C15H28N2O. The van der Waals surface area contributed by atoms with Crippen molar-refractivity contribution in [3.63, 3.8) is 0 Å². The second kappa shape index (κ2) is 6.95. The molecular weight excluding hydrogens is 224 g/mol. The molecule has 0 amide bonds. The van der Waals surface area contributed by atoms with Crippen LogP contribution in [0.1, 0.15) is 33.5 Å². The van der Waals surface area contributed by atoms with Gasteiger partial charge in [-0.2, -0.15) is 0 Å². The van der Waals surface area contributed by atoms with Crippen molar-refractivity contribution in [1.29, 1.82) is 0 Å². The van der Waals surface area contributed by atoms with Crippen molar-refractivity contribution in [2.24, 2.45) is 11.3 Å². The topological polar surface area (TPSA) is 28.4 Å². The van der Waals surface area contributed by atoms with Gasteiger partial charge in [-0.15, -0.1) is 0 Å². The standard InChI is InChI=1S/C15H28N2O/c1-13(2)9-16-11-15(3,4)12-17(5)10-14-7-6-8-18-14/h6-8,13,16H,9-12H2,1-5H3. The molecule has 18 heavy (non-hydrogen) atoms. The number of nitrogens with one attached hydrogen (secondary N) is 1. The molecule has 0 atom stereocenters. The molecule has 0 saturated carbocycles. The largest absolute Gasteiger partial charge is 0.468 e. The molecule has 0 aliphatic heterocycles. The highest BCUT2D eigenvalue weighted by Crippen LogP contribution is 2.16. The molecule has 0 unspecified atom stereocenters. The molecule has 0 spiro atoms. The van der Waals surface area contributed by atoms with E-state index in [1.54, 1.807) is 6.26 Å². The lowest BCUT2D eigenvalue weighted by Gasteiger charge is -2.30. The molecule has 1 rings (SSSR count). The summed E-state index contributed by atoms with van der Waals surface area (Å²) in [5.41, 5.74) is 0.274. The summed E-state index contributed by atoms with van der Waals surface area (Å²) in [6.07, 6.45) is 1.73. The zero-order valence-corrected chi connectivity index (χ0v) is 12.5. The molecule has 0 saturated heterocycles. The van der Waals surface area contributed by atoms with Crippen LogP contribution in [0.3, 0.4) is 0 Å². The van der Waals surface area contributed by atoms with Gasteiger partial charge < -0.3 is 9.73 Å². The lowest BCUT2D eigenvalue weighted by molar-refractivity contribution is 0.187. The summed E-state index contributed by atoms with van der Waals surface area (Å²) in [6, 6.07) is 3.97. The minimum absolute atomic E-state index is 0.274. The van der Waals surface area contributed by atoms with Gasteiger partial charge in [-0.3, -0.25) is 4.90 Å². The van der Waals surface area contributed by atoms with Crippen LogP contribution in [0.4, 0.5) is 0 Å². The van der Waals surface area contributed by atoms with E-state index in [0.717, 1.165) is 31.9 Å². The first kappa shape index (κ1) is 15.3. The van der Waals surface area contributed by atoms with Gasteiger partial charge in [0.15, 0.2) is 0 Å². The Morgan fingerprint density at radius 1 is 1.39 bits per heavy atom. The molecule has 0 aromatic carbocycles. The number of hydrogen-bond donors (Lipinski definition) is 1. The first-order valence-corrected chi connectivity index (χ1v) is 6.81. The number of hydrogen-bond acceptors (Lipinski definition) is 3. The highest BCUT2D eigenvalue weighted by molar-refractivity contribution is 4.97. The van der Waals surface area contributed by atoms with Crippen LogP contribution in [-0.4, -0.2) is 31.6 Å². The van der Waals surface area contributed by atoms with Crippen molar-refractivity contribution in [3.8, 4) is 0 Å². The van der Waals surface area contributed by atoms with Crippen LogP contribution in [0.15, 0.2) is 22.8 Å². The van der Waals surface area contributed by atoms with Crippen molar-refractivity contribution < 1.29 is 4.42 Å². The first-order chi connectivity index (χ1) is 8.39. The smallest absolute Gasteiger partial charge is 0.117 e. The summed E-state index contributed by atoms with van der Waals surface area (Å²) in [4.78, 5) is 2.32. The van der Waals surface area contributed by atoms with Crippen LogP contribution in [0.25, 0.3) is 0 Å². The first-order valence-electron chi connectivity index (χ1n) is 6.81. The molecule has 0 radical (unpaired) electrons. The van der Waals surface area contributed by atoms with Gasteiger partial charge in [-0.05, 0) is 37.1 Å². The third kappa shape index (κ3) is 6.22. The van der Waals surface area contributed by atoms with Crippen molar-refractivity contribution >= 4 is 0 Å². The Kier molecular flexibility index (Phi) is 5.89. The SMILES string of the molecule is CC(C)CNCC(C)(C)CN(C)Cc1ccco1. The fourth-order valence-electron chi connectivity index (χ4n) is 2.21. The fourth-order valence-corrected chi connectivity index (χ4v) is 2.21. The Hall–Kier alpha value is -0.800.